The molecular weight excluding hydrogens is 246 g/mol. The van der Waals surface area contributed by atoms with Crippen LogP contribution in [0.15, 0.2) is 0 Å². The maximum absolute atomic E-state index is 12.3. The van der Waals surface area contributed by atoms with Crippen LogP contribution >= 0.6 is 0 Å². The van der Waals surface area contributed by atoms with Gasteiger partial charge in [0.15, 0.2) is 0 Å². The van der Waals surface area contributed by atoms with E-state index in [1.54, 1.807) is 0 Å². The van der Waals surface area contributed by atoms with Gasteiger partial charge in [-0.25, -0.2) is 4.79 Å². The molecule has 3 aliphatic rings. The van der Waals surface area contributed by atoms with Crippen LogP contribution in [-0.2, 0) is 19.0 Å². The van der Waals surface area contributed by atoms with Crippen LogP contribution in [0.5, 0.6) is 0 Å². The Bertz CT molecular complexity index is 334. The van der Waals surface area contributed by atoms with E-state index in [1.165, 1.54) is 7.11 Å². The van der Waals surface area contributed by atoms with Crippen molar-refractivity contribution in [2.24, 2.45) is 5.92 Å². The SMILES string of the molecule is COC(=O)C(COC1CCOC1)(NC1CC1)C1CC1. The van der Waals surface area contributed by atoms with E-state index in [9.17, 15) is 4.79 Å². The zero-order chi connectivity index (χ0) is 13.3. The van der Waals surface area contributed by atoms with Gasteiger partial charge in [-0.15, -0.1) is 0 Å². The lowest BCUT2D eigenvalue weighted by atomic mass is 9.93. The van der Waals surface area contributed by atoms with Crippen LogP contribution in [0.4, 0.5) is 0 Å². The predicted octanol–water partition coefficient (Wildman–Crippen LogP) is 0.866. The molecule has 1 aliphatic heterocycles. The summed E-state index contributed by atoms with van der Waals surface area (Å²) in [6.07, 6.45) is 5.52. The molecule has 1 saturated heterocycles. The monoisotopic (exact) mass is 269 g/mol. The largest absolute Gasteiger partial charge is 0.468 e. The Hall–Kier alpha value is -0.650. The number of hydrogen-bond acceptors (Lipinski definition) is 5. The Morgan fingerprint density at radius 3 is 2.63 bits per heavy atom. The molecule has 0 spiro atoms. The summed E-state index contributed by atoms with van der Waals surface area (Å²) in [7, 11) is 1.47. The molecule has 108 valence electrons. The summed E-state index contributed by atoms with van der Waals surface area (Å²) in [6, 6.07) is 0.461. The standard InChI is InChI=1S/C14H23NO4/c1-17-13(16)14(10-2-3-10,15-11-4-5-11)9-19-12-6-7-18-8-12/h10-12,15H,2-9H2,1H3. The Kier molecular flexibility index (Phi) is 3.78. The number of nitrogens with one attached hydrogen (secondary N) is 1. The van der Waals surface area contributed by atoms with Crippen molar-refractivity contribution in [2.45, 2.75) is 49.8 Å². The van der Waals surface area contributed by atoms with Gasteiger partial charge in [-0.3, -0.25) is 5.32 Å². The summed E-state index contributed by atoms with van der Waals surface area (Å²) in [5.74, 6) is 0.198. The number of methoxy groups -OCH3 is 1. The average molecular weight is 269 g/mol. The van der Waals surface area contributed by atoms with Crippen molar-refractivity contribution in [1.82, 2.24) is 5.32 Å². The Labute approximate surface area is 114 Å². The summed E-state index contributed by atoms with van der Waals surface area (Å²) in [5.41, 5.74) is -0.626. The molecule has 5 heteroatoms. The van der Waals surface area contributed by atoms with Crippen LogP contribution in [0.2, 0.25) is 0 Å². The van der Waals surface area contributed by atoms with Crippen LogP contribution in [0, 0.1) is 5.92 Å². The van der Waals surface area contributed by atoms with Crippen LogP contribution < -0.4 is 5.32 Å². The molecule has 0 radical (unpaired) electrons. The summed E-state index contributed by atoms with van der Waals surface area (Å²) in [4.78, 5) is 12.3. The zero-order valence-corrected chi connectivity index (χ0v) is 11.5. The second kappa shape index (κ2) is 5.38. The van der Waals surface area contributed by atoms with Gasteiger partial charge >= 0.3 is 5.97 Å². The molecule has 0 bridgehead atoms. The number of hydrogen-bond donors (Lipinski definition) is 1. The molecule has 2 unspecified atom stereocenters. The topological polar surface area (TPSA) is 56.8 Å². The van der Waals surface area contributed by atoms with Gasteiger partial charge in [0.1, 0.15) is 5.54 Å². The Morgan fingerprint density at radius 1 is 1.32 bits per heavy atom. The zero-order valence-electron chi connectivity index (χ0n) is 11.5. The summed E-state index contributed by atoms with van der Waals surface area (Å²) in [5, 5.41) is 3.50. The number of carbonyl (C=O) groups excluding carboxylic acids is 1. The fraction of sp³-hybridized carbons (Fsp3) is 0.929. The molecule has 3 rings (SSSR count). The second-order valence-corrected chi connectivity index (χ2v) is 5.95. The highest BCUT2D eigenvalue weighted by molar-refractivity contribution is 5.82. The Balaban J connectivity index is 1.67. The van der Waals surface area contributed by atoms with E-state index in [0.717, 1.165) is 38.7 Å². The molecule has 2 aliphatic carbocycles. The van der Waals surface area contributed by atoms with E-state index < -0.39 is 5.54 Å². The fourth-order valence-electron chi connectivity index (χ4n) is 2.81. The van der Waals surface area contributed by atoms with Gasteiger partial charge in [0.05, 0.1) is 26.4 Å². The van der Waals surface area contributed by atoms with Gasteiger partial charge in [0.2, 0.25) is 0 Å². The van der Waals surface area contributed by atoms with Crippen molar-refractivity contribution in [3.63, 3.8) is 0 Å². The minimum Gasteiger partial charge on any atom is -0.468 e. The molecular formula is C14H23NO4. The highest BCUT2D eigenvalue weighted by atomic mass is 16.6. The smallest absolute Gasteiger partial charge is 0.328 e. The predicted molar refractivity (Wildman–Crippen MR) is 68.8 cm³/mol. The molecule has 5 nitrogen and oxygen atoms in total. The first-order valence-electron chi connectivity index (χ1n) is 7.30. The van der Waals surface area contributed by atoms with Crippen molar-refractivity contribution < 1.29 is 19.0 Å². The molecule has 1 N–H and O–H groups in total. The van der Waals surface area contributed by atoms with Gasteiger partial charge in [0, 0.05) is 12.6 Å². The summed E-state index contributed by atoms with van der Waals surface area (Å²) in [6.45, 7) is 1.82. The van der Waals surface area contributed by atoms with Crippen LogP contribution in [0.25, 0.3) is 0 Å². The first-order valence-corrected chi connectivity index (χ1v) is 7.30. The highest BCUT2D eigenvalue weighted by Gasteiger charge is 2.54. The van der Waals surface area contributed by atoms with Crippen molar-refractivity contribution in [3.8, 4) is 0 Å². The van der Waals surface area contributed by atoms with E-state index in [2.05, 4.69) is 5.32 Å². The van der Waals surface area contributed by atoms with Gasteiger partial charge in [-0.1, -0.05) is 0 Å². The summed E-state index contributed by atoms with van der Waals surface area (Å²) < 4.78 is 16.3. The van der Waals surface area contributed by atoms with Crippen LogP contribution in [0.3, 0.4) is 0 Å². The van der Waals surface area contributed by atoms with Gasteiger partial charge in [-0.05, 0) is 38.0 Å². The first-order chi connectivity index (χ1) is 9.24. The van der Waals surface area contributed by atoms with Crippen molar-refractivity contribution in [3.05, 3.63) is 0 Å². The fourth-order valence-corrected chi connectivity index (χ4v) is 2.81. The highest BCUT2D eigenvalue weighted by Crippen LogP contribution is 2.42. The van der Waals surface area contributed by atoms with Crippen LogP contribution in [-0.4, -0.2) is 50.6 Å². The maximum Gasteiger partial charge on any atom is 0.328 e. The third kappa shape index (κ3) is 2.93. The van der Waals surface area contributed by atoms with Gasteiger partial charge in [0.25, 0.3) is 0 Å². The lowest BCUT2D eigenvalue weighted by Gasteiger charge is -2.33. The third-order valence-corrected chi connectivity index (χ3v) is 4.30. The Morgan fingerprint density at radius 2 is 2.11 bits per heavy atom. The van der Waals surface area contributed by atoms with E-state index in [0.29, 0.717) is 25.2 Å². The molecule has 19 heavy (non-hydrogen) atoms. The normalized spacial score (nSPS) is 30.1. The maximum atomic E-state index is 12.3. The quantitative estimate of drug-likeness (QED) is 0.695. The third-order valence-electron chi connectivity index (χ3n) is 4.30. The number of rotatable bonds is 7. The molecule has 1 heterocycles. The van der Waals surface area contributed by atoms with Crippen molar-refractivity contribution in [1.29, 1.82) is 0 Å². The van der Waals surface area contributed by atoms with Crippen molar-refractivity contribution >= 4 is 5.97 Å². The molecule has 3 fully saturated rings. The lowest BCUT2D eigenvalue weighted by molar-refractivity contribution is -0.154. The minimum atomic E-state index is -0.626. The van der Waals surface area contributed by atoms with E-state index >= 15 is 0 Å². The molecule has 0 amide bonds. The molecule has 0 aromatic heterocycles. The molecule has 0 aromatic carbocycles. The first kappa shape index (κ1) is 13.3. The van der Waals surface area contributed by atoms with Crippen LogP contribution in [0.1, 0.15) is 32.1 Å². The number of esters is 1. The molecule has 0 aromatic rings. The average Bonchev–Trinajstić information content (AvgIpc) is 3.34. The second-order valence-electron chi connectivity index (χ2n) is 5.95. The number of ether oxygens (including phenoxy) is 3. The molecule has 2 saturated carbocycles. The lowest BCUT2D eigenvalue weighted by Crippen LogP contribution is -2.59. The van der Waals surface area contributed by atoms with Gasteiger partial charge < -0.3 is 14.2 Å². The van der Waals surface area contributed by atoms with E-state index in [4.69, 9.17) is 14.2 Å². The van der Waals surface area contributed by atoms with E-state index in [1.807, 2.05) is 0 Å². The molecule has 2 atom stereocenters. The number of carbonyl (C=O) groups is 1. The van der Waals surface area contributed by atoms with Crippen molar-refractivity contribution in [2.75, 3.05) is 26.9 Å². The van der Waals surface area contributed by atoms with Gasteiger partial charge in [-0.2, -0.15) is 0 Å². The van der Waals surface area contributed by atoms with E-state index in [-0.39, 0.29) is 12.1 Å². The summed E-state index contributed by atoms with van der Waals surface area (Å²) >= 11 is 0. The minimum absolute atomic E-state index is 0.129.